The summed E-state index contributed by atoms with van der Waals surface area (Å²) in [6.45, 7) is 4.60. The van der Waals surface area contributed by atoms with E-state index in [0.29, 0.717) is 6.54 Å². The summed E-state index contributed by atoms with van der Waals surface area (Å²) < 4.78 is 4.78. The smallest absolute Gasteiger partial charge is 0.255 e. The first kappa shape index (κ1) is 10.9. The van der Waals surface area contributed by atoms with Crippen LogP contribution < -0.4 is 5.32 Å². The molecule has 1 N–H and O–H groups in total. The van der Waals surface area contributed by atoms with Gasteiger partial charge in [-0.25, -0.2) is 0 Å². The first-order valence-electron chi connectivity index (χ1n) is 4.37. The van der Waals surface area contributed by atoms with Gasteiger partial charge in [0.2, 0.25) is 0 Å². The molecule has 0 radical (unpaired) electrons. The molecule has 0 spiro atoms. The van der Waals surface area contributed by atoms with Crippen molar-refractivity contribution in [1.29, 1.82) is 0 Å². The van der Waals surface area contributed by atoms with Crippen molar-refractivity contribution in [2.75, 3.05) is 33.4 Å². The van der Waals surface area contributed by atoms with Gasteiger partial charge < -0.3 is 10.1 Å². The molecule has 5 nitrogen and oxygen atoms in total. The highest BCUT2D eigenvalue weighted by molar-refractivity contribution is 5.98. The van der Waals surface area contributed by atoms with Gasteiger partial charge in [0, 0.05) is 6.54 Å². The Kier molecular flexibility index (Phi) is 3.79. The highest BCUT2D eigenvalue weighted by Gasteiger charge is 2.26. The van der Waals surface area contributed by atoms with Gasteiger partial charge in [-0.05, 0) is 12.6 Å². The number of likely N-dealkylation sites (N-methyl/N-ethyl adjacent to an activating group) is 1. The van der Waals surface area contributed by atoms with Crippen molar-refractivity contribution in [2.45, 2.75) is 0 Å². The molecule has 14 heavy (non-hydrogen) atoms. The molecule has 78 valence electrons. The average Bonchev–Trinajstić information content (AvgIpc) is 2.12. The molecule has 0 aromatic rings. The van der Waals surface area contributed by atoms with E-state index in [4.69, 9.17) is 4.74 Å². The highest BCUT2D eigenvalue weighted by Crippen LogP contribution is 2.03. The maximum atomic E-state index is 11.3. The molecule has 1 aliphatic heterocycles. The molecule has 2 amide bonds. The van der Waals surface area contributed by atoms with Crippen LogP contribution in [0.15, 0.2) is 12.2 Å². The lowest BCUT2D eigenvalue weighted by molar-refractivity contribution is -0.157. The predicted molar refractivity (Wildman–Crippen MR) is 50.6 cm³/mol. The summed E-state index contributed by atoms with van der Waals surface area (Å²) in [5.41, 5.74) is 0.802. The van der Waals surface area contributed by atoms with Crippen LogP contribution >= 0.6 is 0 Å². The van der Waals surface area contributed by atoms with Crippen LogP contribution in [0.4, 0.5) is 0 Å². The molecule has 5 heteroatoms. The molecule has 0 saturated carbocycles. The third-order valence-corrected chi connectivity index (χ3v) is 1.86. The van der Waals surface area contributed by atoms with E-state index in [9.17, 15) is 9.59 Å². The number of rotatable bonds is 4. The molecule has 0 aromatic carbocycles. The number of morpholine rings is 1. The van der Waals surface area contributed by atoms with E-state index in [1.807, 2.05) is 0 Å². The number of carbonyl (C=O) groups is 2. The van der Waals surface area contributed by atoms with Gasteiger partial charge in [0.05, 0.1) is 6.54 Å². The molecule has 1 saturated heterocycles. The monoisotopic (exact) mass is 198 g/mol. The zero-order valence-corrected chi connectivity index (χ0v) is 8.21. The number of nitrogens with one attached hydrogen (secondary N) is 1. The molecular formula is C9H14N2O3. The van der Waals surface area contributed by atoms with Crippen LogP contribution in [0.25, 0.3) is 0 Å². The molecule has 1 heterocycles. The van der Waals surface area contributed by atoms with Crippen molar-refractivity contribution in [2.24, 2.45) is 0 Å². The minimum Gasteiger partial charge on any atom is -0.362 e. The zero-order valence-electron chi connectivity index (χ0n) is 8.21. The molecular weight excluding hydrogens is 184 g/mol. The number of hydrogen-bond acceptors (Lipinski definition) is 4. The van der Waals surface area contributed by atoms with Gasteiger partial charge in [-0.15, -0.1) is 0 Å². The largest absolute Gasteiger partial charge is 0.362 e. The molecule has 0 bridgehead atoms. The van der Waals surface area contributed by atoms with E-state index in [1.54, 1.807) is 7.05 Å². The Hall–Kier alpha value is -1.20. The summed E-state index contributed by atoms with van der Waals surface area (Å²) in [7, 11) is 1.79. The number of amides is 2. The minimum atomic E-state index is -0.293. The van der Waals surface area contributed by atoms with Crippen LogP contribution in [0, 0.1) is 0 Å². The number of imide groups is 1. The number of nitrogens with zero attached hydrogens (tertiary/aromatic N) is 1. The fourth-order valence-corrected chi connectivity index (χ4v) is 1.23. The summed E-state index contributed by atoms with van der Waals surface area (Å²) in [5.74, 6) is -0.586. The lowest BCUT2D eigenvalue weighted by atomic mass is 10.2. The first-order valence-corrected chi connectivity index (χ1v) is 4.37. The van der Waals surface area contributed by atoms with Crippen LogP contribution in [0.2, 0.25) is 0 Å². The van der Waals surface area contributed by atoms with Crippen molar-refractivity contribution in [3.05, 3.63) is 12.2 Å². The summed E-state index contributed by atoms with van der Waals surface area (Å²) in [4.78, 5) is 23.7. The molecule has 1 rings (SSSR count). The fourth-order valence-electron chi connectivity index (χ4n) is 1.23. The summed E-state index contributed by atoms with van der Waals surface area (Å²) >= 11 is 0. The molecule has 0 unspecified atom stereocenters. The van der Waals surface area contributed by atoms with Crippen molar-refractivity contribution in [3.63, 3.8) is 0 Å². The zero-order chi connectivity index (χ0) is 10.6. The second kappa shape index (κ2) is 4.88. The maximum Gasteiger partial charge on any atom is 0.255 e. The second-order valence-electron chi connectivity index (χ2n) is 3.15. The van der Waals surface area contributed by atoms with Crippen molar-refractivity contribution >= 4 is 11.8 Å². The Morgan fingerprint density at radius 1 is 1.50 bits per heavy atom. The summed E-state index contributed by atoms with van der Waals surface area (Å²) in [6.07, 6.45) is 0. The average molecular weight is 198 g/mol. The van der Waals surface area contributed by atoms with Crippen LogP contribution in [-0.4, -0.2) is 50.1 Å². The second-order valence-corrected chi connectivity index (χ2v) is 3.15. The third kappa shape index (κ3) is 2.65. The number of hydrogen-bond donors (Lipinski definition) is 1. The standard InChI is InChI=1S/C9H14N2O3/c1-7(3-10-2)4-11-8(12)5-14-6-9(11)13/h10H,1,3-6H2,2H3. The van der Waals surface area contributed by atoms with Crippen LogP contribution in [-0.2, 0) is 14.3 Å². The van der Waals surface area contributed by atoms with E-state index < -0.39 is 0 Å². The van der Waals surface area contributed by atoms with Crippen LogP contribution in [0.5, 0.6) is 0 Å². The Morgan fingerprint density at radius 3 is 2.57 bits per heavy atom. The van der Waals surface area contributed by atoms with Crippen LogP contribution in [0.3, 0.4) is 0 Å². The molecule has 0 atom stereocenters. The van der Waals surface area contributed by atoms with Gasteiger partial charge in [0.15, 0.2) is 0 Å². The van der Waals surface area contributed by atoms with E-state index in [0.717, 1.165) is 5.57 Å². The first-order chi connectivity index (χ1) is 6.65. The molecule has 0 aliphatic carbocycles. The Bertz CT molecular complexity index is 247. The summed E-state index contributed by atoms with van der Waals surface area (Å²) in [6, 6.07) is 0. The lowest BCUT2D eigenvalue weighted by Gasteiger charge is -2.25. The molecule has 1 fully saturated rings. The normalized spacial score (nSPS) is 17.4. The topological polar surface area (TPSA) is 58.6 Å². The van der Waals surface area contributed by atoms with Gasteiger partial charge in [0.1, 0.15) is 13.2 Å². The van der Waals surface area contributed by atoms with E-state index in [2.05, 4.69) is 11.9 Å². The molecule has 0 aromatic heterocycles. The third-order valence-electron chi connectivity index (χ3n) is 1.86. The van der Waals surface area contributed by atoms with Gasteiger partial charge in [0.25, 0.3) is 11.8 Å². The Balaban J connectivity index is 2.52. The maximum absolute atomic E-state index is 11.3. The van der Waals surface area contributed by atoms with E-state index in [1.165, 1.54) is 4.90 Å². The summed E-state index contributed by atoms with van der Waals surface area (Å²) in [5, 5.41) is 2.91. The van der Waals surface area contributed by atoms with Crippen molar-refractivity contribution < 1.29 is 14.3 Å². The van der Waals surface area contributed by atoms with Gasteiger partial charge in [-0.1, -0.05) is 6.58 Å². The van der Waals surface area contributed by atoms with Crippen molar-refractivity contribution in [1.82, 2.24) is 10.2 Å². The van der Waals surface area contributed by atoms with Crippen LogP contribution in [0.1, 0.15) is 0 Å². The minimum absolute atomic E-state index is 0.0153. The van der Waals surface area contributed by atoms with Gasteiger partial charge in [-0.3, -0.25) is 14.5 Å². The molecule has 1 aliphatic rings. The van der Waals surface area contributed by atoms with E-state index in [-0.39, 0.29) is 31.6 Å². The quantitative estimate of drug-likeness (QED) is 0.472. The predicted octanol–water partition coefficient (Wildman–Crippen LogP) is -0.853. The number of carbonyl (C=O) groups excluding carboxylic acids is 2. The SMILES string of the molecule is C=C(CNC)CN1C(=O)COCC1=O. The van der Waals surface area contributed by atoms with Crippen molar-refractivity contribution in [3.8, 4) is 0 Å². The Morgan fingerprint density at radius 2 is 2.07 bits per heavy atom. The Labute approximate surface area is 82.7 Å². The highest BCUT2D eigenvalue weighted by atomic mass is 16.5. The van der Waals surface area contributed by atoms with Gasteiger partial charge >= 0.3 is 0 Å². The lowest BCUT2D eigenvalue weighted by Crippen LogP contribution is -2.47. The van der Waals surface area contributed by atoms with E-state index >= 15 is 0 Å². The van der Waals surface area contributed by atoms with Gasteiger partial charge in [-0.2, -0.15) is 0 Å². The number of ether oxygens (including phenoxy) is 1. The fraction of sp³-hybridized carbons (Fsp3) is 0.556.